The Kier molecular flexibility index (Phi) is 9.83. The molecule has 1 amide bonds. The molecule has 2 atom stereocenters. The number of rotatable bonds is 9. The number of benzene rings is 3. The van der Waals surface area contributed by atoms with E-state index in [0.717, 1.165) is 6.07 Å². The van der Waals surface area contributed by atoms with E-state index in [2.05, 4.69) is 5.32 Å². The van der Waals surface area contributed by atoms with E-state index in [1.54, 1.807) is 57.2 Å². The van der Waals surface area contributed by atoms with Gasteiger partial charge in [-0.2, -0.15) is 0 Å². The number of halogens is 4. The van der Waals surface area contributed by atoms with Crippen LogP contribution in [0.5, 0.6) is 5.75 Å². The highest BCUT2D eigenvalue weighted by Crippen LogP contribution is 2.35. The highest BCUT2D eigenvalue weighted by Gasteiger charge is 2.29. The van der Waals surface area contributed by atoms with Crippen LogP contribution in [0.1, 0.15) is 54.8 Å². The first kappa shape index (κ1) is 30.2. The number of esters is 1. The van der Waals surface area contributed by atoms with Gasteiger partial charge in [-0.15, -0.1) is 0 Å². The predicted molar refractivity (Wildman–Crippen MR) is 146 cm³/mol. The number of hydrogen-bond acceptors (Lipinski definition) is 5. The standard InChI is InChI=1S/C28H25Cl3FNO6/c1-28(2,3)39-27(37)22(14-24(34)35)33-26(36)16-6-11-23(21(32)12-16)38-25(15-4-7-17(29)8-5-15)19-10-9-18(30)13-20(19)31/h4-13,22,25H,14H2,1-3H3,(H,33,36)(H,34,35). The topological polar surface area (TPSA) is 102 Å². The number of hydrogen-bond donors (Lipinski definition) is 2. The Morgan fingerprint density at radius 1 is 0.949 bits per heavy atom. The summed E-state index contributed by atoms with van der Waals surface area (Å²) in [7, 11) is 0. The van der Waals surface area contributed by atoms with Crippen molar-refractivity contribution < 1.29 is 33.4 Å². The molecule has 11 heteroatoms. The second kappa shape index (κ2) is 12.7. The number of carbonyl (C=O) groups is 3. The van der Waals surface area contributed by atoms with Crippen molar-refractivity contribution in [2.45, 2.75) is 44.9 Å². The van der Waals surface area contributed by atoms with Crippen LogP contribution in [0.25, 0.3) is 0 Å². The summed E-state index contributed by atoms with van der Waals surface area (Å²) in [6, 6.07) is 13.5. The fourth-order valence-corrected chi connectivity index (χ4v) is 4.14. The van der Waals surface area contributed by atoms with Crippen molar-refractivity contribution >= 4 is 52.6 Å². The summed E-state index contributed by atoms with van der Waals surface area (Å²) in [5, 5.41) is 12.7. The molecule has 3 aromatic carbocycles. The molecular formula is C28H25Cl3FNO6. The number of carbonyl (C=O) groups excluding carboxylic acids is 2. The average molecular weight is 597 g/mol. The van der Waals surface area contributed by atoms with Gasteiger partial charge in [-0.1, -0.05) is 53.0 Å². The maximum atomic E-state index is 15.2. The summed E-state index contributed by atoms with van der Waals surface area (Å²) in [5.74, 6) is -4.18. The molecular weight excluding hydrogens is 572 g/mol. The quantitative estimate of drug-likeness (QED) is 0.262. The summed E-state index contributed by atoms with van der Waals surface area (Å²) in [6.07, 6.45) is -1.57. The molecule has 2 N–H and O–H groups in total. The van der Waals surface area contributed by atoms with Gasteiger partial charge in [0.05, 0.1) is 6.42 Å². The number of nitrogens with one attached hydrogen (secondary N) is 1. The first-order chi connectivity index (χ1) is 18.2. The van der Waals surface area contributed by atoms with Crippen molar-refractivity contribution in [3.63, 3.8) is 0 Å². The molecule has 0 spiro atoms. The lowest BCUT2D eigenvalue weighted by molar-refractivity contribution is -0.159. The Labute approximate surface area is 239 Å². The molecule has 0 aliphatic carbocycles. The summed E-state index contributed by atoms with van der Waals surface area (Å²) in [5.41, 5.74) is 0.0700. The molecule has 0 saturated heterocycles. The molecule has 39 heavy (non-hydrogen) atoms. The van der Waals surface area contributed by atoms with Crippen LogP contribution in [0.2, 0.25) is 15.1 Å². The van der Waals surface area contributed by atoms with Gasteiger partial charge < -0.3 is 19.9 Å². The van der Waals surface area contributed by atoms with E-state index in [4.69, 9.17) is 49.4 Å². The van der Waals surface area contributed by atoms with Gasteiger partial charge in [0.1, 0.15) is 11.6 Å². The van der Waals surface area contributed by atoms with Crippen molar-refractivity contribution in [1.29, 1.82) is 0 Å². The highest BCUT2D eigenvalue weighted by atomic mass is 35.5. The number of ether oxygens (including phenoxy) is 2. The van der Waals surface area contributed by atoms with Gasteiger partial charge in [-0.25, -0.2) is 9.18 Å². The molecule has 3 rings (SSSR count). The zero-order chi connectivity index (χ0) is 28.9. The van der Waals surface area contributed by atoms with Crippen molar-refractivity contribution in [2.24, 2.45) is 0 Å². The van der Waals surface area contributed by atoms with Crippen molar-refractivity contribution in [2.75, 3.05) is 0 Å². The molecule has 0 heterocycles. The first-order valence-corrected chi connectivity index (χ1v) is 12.8. The predicted octanol–water partition coefficient (Wildman–Crippen LogP) is 6.87. The molecule has 0 aliphatic rings. The molecule has 206 valence electrons. The fourth-order valence-electron chi connectivity index (χ4n) is 3.51. The van der Waals surface area contributed by atoms with E-state index in [9.17, 15) is 14.4 Å². The monoisotopic (exact) mass is 595 g/mol. The number of carboxylic acids is 1. The third-order valence-electron chi connectivity index (χ3n) is 5.23. The molecule has 0 aromatic heterocycles. The van der Waals surface area contributed by atoms with Crippen LogP contribution in [0.4, 0.5) is 4.39 Å². The fraction of sp³-hybridized carbons (Fsp3) is 0.250. The van der Waals surface area contributed by atoms with E-state index < -0.39 is 47.8 Å². The normalized spacial score (nSPS) is 12.8. The van der Waals surface area contributed by atoms with Gasteiger partial charge >= 0.3 is 11.9 Å². The Morgan fingerprint density at radius 2 is 1.59 bits per heavy atom. The number of amides is 1. The molecule has 0 bridgehead atoms. The van der Waals surface area contributed by atoms with Crippen LogP contribution in [-0.4, -0.2) is 34.6 Å². The Bertz CT molecular complexity index is 1370. The smallest absolute Gasteiger partial charge is 0.329 e. The van der Waals surface area contributed by atoms with Crippen molar-refractivity contribution in [1.82, 2.24) is 5.32 Å². The van der Waals surface area contributed by atoms with E-state index >= 15 is 4.39 Å². The zero-order valence-corrected chi connectivity index (χ0v) is 23.4. The van der Waals surface area contributed by atoms with E-state index in [1.165, 1.54) is 18.2 Å². The van der Waals surface area contributed by atoms with Crippen molar-refractivity contribution in [3.8, 4) is 5.75 Å². The summed E-state index contributed by atoms with van der Waals surface area (Å²) in [6.45, 7) is 4.81. The van der Waals surface area contributed by atoms with Gasteiger partial charge in [-0.3, -0.25) is 9.59 Å². The zero-order valence-electron chi connectivity index (χ0n) is 21.1. The molecule has 0 fully saturated rings. The minimum Gasteiger partial charge on any atom is -0.481 e. The van der Waals surface area contributed by atoms with Crippen molar-refractivity contribution in [3.05, 3.63) is 98.2 Å². The second-order valence-corrected chi connectivity index (χ2v) is 10.8. The Hall–Kier alpha value is -3.33. The Morgan fingerprint density at radius 3 is 2.15 bits per heavy atom. The molecule has 7 nitrogen and oxygen atoms in total. The molecule has 0 aliphatic heterocycles. The lowest BCUT2D eigenvalue weighted by Gasteiger charge is -2.24. The summed E-state index contributed by atoms with van der Waals surface area (Å²) < 4.78 is 26.4. The van der Waals surface area contributed by atoms with Crippen LogP contribution in [0.3, 0.4) is 0 Å². The molecule has 0 radical (unpaired) electrons. The lowest BCUT2D eigenvalue weighted by Crippen LogP contribution is -2.45. The van der Waals surface area contributed by atoms with Gasteiger partial charge in [0, 0.05) is 26.2 Å². The lowest BCUT2D eigenvalue weighted by atomic mass is 10.0. The molecule has 2 unspecified atom stereocenters. The van der Waals surface area contributed by atoms with E-state index in [0.29, 0.717) is 26.2 Å². The highest BCUT2D eigenvalue weighted by molar-refractivity contribution is 6.35. The van der Waals surface area contributed by atoms with Crippen LogP contribution in [0.15, 0.2) is 60.7 Å². The SMILES string of the molecule is CC(C)(C)OC(=O)C(CC(=O)O)NC(=O)c1ccc(OC(c2ccc(Cl)cc2)c2ccc(Cl)cc2Cl)c(F)c1. The third-order valence-corrected chi connectivity index (χ3v) is 6.05. The summed E-state index contributed by atoms with van der Waals surface area (Å²) in [4.78, 5) is 36.4. The Balaban J connectivity index is 1.87. The molecule has 3 aromatic rings. The summed E-state index contributed by atoms with van der Waals surface area (Å²) >= 11 is 18.5. The number of carboxylic acid groups (broad SMARTS) is 1. The van der Waals surface area contributed by atoms with Crippen LogP contribution in [-0.2, 0) is 14.3 Å². The van der Waals surface area contributed by atoms with Crippen LogP contribution in [0, 0.1) is 5.82 Å². The maximum absolute atomic E-state index is 15.2. The van der Waals surface area contributed by atoms with Crippen LogP contribution < -0.4 is 10.1 Å². The van der Waals surface area contributed by atoms with Gasteiger partial charge in [0.25, 0.3) is 5.91 Å². The molecule has 0 saturated carbocycles. The largest absolute Gasteiger partial charge is 0.481 e. The van der Waals surface area contributed by atoms with E-state index in [-0.39, 0.29) is 11.3 Å². The minimum atomic E-state index is -1.48. The van der Waals surface area contributed by atoms with Gasteiger partial charge in [-0.05, 0) is 68.8 Å². The first-order valence-electron chi connectivity index (χ1n) is 11.7. The van der Waals surface area contributed by atoms with E-state index in [1.807, 2.05) is 0 Å². The maximum Gasteiger partial charge on any atom is 0.329 e. The number of aliphatic carboxylic acids is 1. The average Bonchev–Trinajstić information content (AvgIpc) is 2.82. The van der Waals surface area contributed by atoms with Crippen LogP contribution >= 0.6 is 34.8 Å². The third kappa shape index (κ3) is 8.58. The second-order valence-electron chi connectivity index (χ2n) is 9.52. The minimum absolute atomic E-state index is 0.161. The van der Waals surface area contributed by atoms with Gasteiger partial charge in [0.2, 0.25) is 0 Å². The van der Waals surface area contributed by atoms with Gasteiger partial charge in [0.15, 0.2) is 17.7 Å².